The quantitative estimate of drug-likeness (QED) is 0.187. The number of non-ortho nitro benzene ring substituents is 1. The number of amides is 1. The topological polar surface area (TPSA) is 110 Å². The second kappa shape index (κ2) is 8.87. The molecule has 3 rings (SSSR count). The van der Waals surface area contributed by atoms with E-state index in [1.165, 1.54) is 29.2 Å². The van der Waals surface area contributed by atoms with Crippen LogP contribution >= 0.6 is 0 Å². The lowest BCUT2D eigenvalue weighted by Gasteiger charge is -2.25. The molecule has 1 atom stereocenters. The molecule has 0 bridgehead atoms. The molecule has 1 saturated heterocycles. The van der Waals surface area contributed by atoms with Gasteiger partial charge in [-0.25, -0.2) is 0 Å². The van der Waals surface area contributed by atoms with Crippen LogP contribution in [0.3, 0.4) is 0 Å². The van der Waals surface area contributed by atoms with Crippen molar-refractivity contribution in [3.63, 3.8) is 0 Å². The van der Waals surface area contributed by atoms with Crippen LogP contribution in [0.4, 0.5) is 5.69 Å². The number of rotatable bonds is 7. The molecule has 0 aliphatic carbocycles. The highest BCUT2D eigenvalue weighted by molar-refractivity contribution is 6.46. The first kappa shape index (κ1) is 21.2. The number of likely N-dealkylation sites (tertiary alicyclic amines) is 1. The lowest BCUT2D eigenvalue weighted by atomic mass is 9.94. The first-order valence-corrected chi connectivity index (χ1v) is 9.44. The normalized spacial score (nSPS) is 18.1. The number of nitro benzene ring substituents is 1. The minimum atomic E-state index is -0.817. The standard InChI is InChI=1S/C22H22N2O6/c1-14-6-3-7-15(12-14)19-18(21(26)22(27)23(19)10-5-11-30-2)20(25)16-8-4-9-17(13-16)24(28)29/h3-4,6-9,12-13,19,25H,5,10-11H2,1-2H3/b20-18-. The number of methoxy groups -OCH3 is 1. The zero-order valence-electron chi connectivity index (χ0n) is 16.7. The Morgan fingerprint density at radius 2 is 1.93 bits per heavy atom. The zero-order chi connectivity index (χ0) is 21.8. The molecule has 1 fully saturated rings. The molecule has 0 spiro atoms. The number of aryl methyl sites for hydroxylation is 1. The first-order chi connectivity index (χ1) is 14.3. The Labute approximate surface area is 173 Å². The number of carbonyl (C=O) groups is 2. The Morgan fingerprint density at radius 3 is 2.60 bits per heavy atom. The molecule has 1 N–H and O–H groups in total. The summed E-state index contributed by atoms with van der Waals surface area (Å²) < 4.78 is 5.05. The molecule has 1 heterocycles. The van der Waals surface area contributed by atoms with Crippen molar-refractivity contribution >= 4 is 23.1 Å². The summed E-state index contributed by atoms with van der Waals surface area (Å²) >= 11 is 0. The minimum Gasteiger partial charge on any atom is -0.507 e. The van der Waals surface area contributed by atoms with E-state index in [1.807, 2.05) is 25.1 Å². The molecular formula is C22H22N2O6. The minimum absolute atomic E-state index is 0.0801. The Morgan fingerprint density at radius 1 is 1.20 bits per heavy atom. The summed E-state index contributed by atoms with van der Waals surface area (Å²) in [5, 5.41) is 22.0. The van der Waals surface area contributed by atoms with Crippen LogP contribution in [0, 0.1) is 17.0 Å². The Bertz CT molecular complexity index is 1030. The molecule has 8 nitrogen and oxygen atoms in total. The summed E-state index contributed by atoms with van der Waals surface area (Å²) in [6.07, 6.45) is 0.517. The van der Waals surface area contributed by atoms with E-state index in [2.05, 4.69) is 0 Å². The average molecular weight is 410 g/mol. The van der Waals surface area contributed by atoms with Crippen molar-refractivity contribution in [1.82, 2.24) is 4.90 Å². The number of hydrogen-bond acceptors (Lipinski definition) is 6. The van der Waals surface area contributed by atoms with Gasteiger partial charge in [-0.3, -0.25) is 19.7 Å². The SMILES string of the molecule is COCCCN1C(=O)C(=O)/C(=C(\O)c2cccc([N+](=O)[O-])c2)C1c1cccc(C)c1. The van der Waals surface area contributed by atoms with Gasteiger partial charge in [-0.05, 0) is 18.9 Å². The van der Waals surface area contributed by atoms with Gasteiger partial charge in [-0.1, -0.05) is 42.0 Å². The number of nitro groups is 1. The van der Waals surface area contributed by atoms with Crippen molar-refractivity contribution in [3.05, 3.63) is 80.9 Å². The van der Waals surface area contributed by atoms with Gasteiger partial charge in [0, 0.05) is 38.0 Å². The van der Waals surface area contributed by atoms with Crippen molar-refractivity contribution in [3.8, 4) is 0 Å². The number of hydrogen-bond donors (Lipinski definition) is 1. The molecule has 1 unspecified atom stereocenters. The van der Waals surface area contributed by atoms with Gasteiger partial charge in [0.15, 0.2) is 0 Å². The average Bonchev–Trinajstić information content (AvgIpc) is 2.98. The van der Waals surface area contributed by atoms with Gasteiger partial charge in [0.2, 0.25) is 0 Å². The van der Waals surface area contributed by atoms with Crippen LogP contribution in [-0.2, 0) is 14.3 Å². The molecule has 1 amide bonds. The maximum Gasteiger partial charge on any atom is 0.295 e. The van der Waals surface area contributed by atoms with Crippen molar-refractivity contribution in [2.45, 2.75) is 19.4 Å². The lowest BCUT2D eigenvalue weighted by Crippen LogP contribution is -2.31. The smallest absolute Gasteiger partial charge is 0.295 e. The molecule has 2 aromatic carbocycles. The van der Waals surface area contributed by atoms with Gasteiger partial charge >= 0.3 is 0 Å². The van der Waals surface area contributed by atoms with Crippen molar-refractivity contribution in [1.29, 1.82) is 0 Å². The molecule has 1 aliphatic heterocycles. The zero-order valence-corrected chi connectivity index (χ0v) is 16.7. The Kier molecular flexibility index (Phi) is 6.27. The van der Waals surface area contributed by atoms with Gasteiger partial charge in [0.25, 0.3) is 17.4 Å². The summed E-state index contributed by atoms with van der Waals surface area (Å²) in [6.45, 7) is 2.57. The third kappa shape index (κ3) is 4.08. The van der Waals surface area contributed by atoms with E-state index in [9.17, 15) is 24.8 Å². The maximum atomic E-state index is 12.9. The van der Waals surface area contributed by atoms with Gasteiger partial charge < -0.3 is 14.7 Å². The fourth-order valence-electron chi connectivity index (χ4n) is 3.60. The molecule has 156 valence electrons. The van der Waals surface area contributed by atoms with E-state index < -0.39 is 28.4 Å². The van der Waals surface area contributed by atoms with E-state index in [0.717, 1.165) is 5.56 Å². The second-order valence-corrected chi connectivity index (χ2v) is 7.06. The predicted octanol–water partition coefficient (Wildman–Crippen LogP) is 3.36. The van der Waals surface area contributed by atoms with E-state index >= 15 is 0 Å². The Balaban J connectivity index is 2.15. The maximum absolute atomic E-state index is 12.9. The van der Waals surface area contributed by atoms with E-state index in [0.29, 0.717) is 18.6 Å². The number of ketones is 1. The van der Waals surface area contributed by atoms with Crippen LogP contribution < -0.4 is 0 Å². The number of aliphatic hydroxyl groups excluding tert-OH is 1. The monoisotopic (exact) mass is 410 g/mol. The molecule has 0 saturated carbocycles. The van der Waals surface area contributed by atoms with Gasteiger partial charge in [-0.2, -0.15) is 0 Å². The highest BCUT2D eigenvalue weighted by atomic mass is 16.6. The summed E-state index contributed by atoms with van der Waals surface area (Å²) in [5.74, 6) is -1.97. The predicted molar refractivity (Wildman–Crippen MR) is 110 cm³/mol. The van der Waals surface area contributed by atoms with Gasteiger partial charge in [0.1, 0.15) is 5.76 Å². The third-order valence-electron chi connectivity index (χ3n) is 4.98. The lowest BCUT2D eigenvalue weighted by molar-refractivity contribution is -0.384. The fraction of sp³-hybridized carbons (Fsp3) is 0.273. The number of nitrogens with zero attached hydrogens (tertiary/aromatic N) is 2. The van der Waals surface area contributed by atoms with Gasteiger partial charge in [0.05, 0.1) is 16.5 Å². The molecule has 0 radical (unpaired) electrons. The van der Waals surface area contributed by atoms with Crippen LogP contribution in [0.15, 0.2) is 54.1 Å². The van der Waals surface area contributed by atoms with Crippen LogP contribution in [0.1, 0.15) is 29.2 Å². The fourth-order valence-corrected chi connectivity index (χ4v) is 3.60. The van der Waals surface area contributed by atoms with E-state index in [4.69, 9.17) is 4.74 Å². The van der Waals surface area contributed by atoms with Crippen molar-refractivity contribution in [2.24, 2.45) is 0 Å². The molecule has 1 aliphatic rings. The second-order valence-electron chi connectivity index (χ2n) is 7.06. The number of carbonyl (C=O) groups excluding carboxylic acids is 2. The number of ether oxygens (including phenoxy) is 1. The Hall–Kier alpha value is -3.52. The van der Waals surface area contributed by atoms with Crippen LogP contribution in [0.5, 0.6) is 0 Å². The van der Waals surface area contributed by atoms with Crippen molar-refractivity contribution in [2.75, 3.05) is 20.3 Å². The van der Waals surface area contributed by atoms with Crippen LogP contribution in [-0.4, -0.2) is 46.9 Å². The largest absolute Gasteiger partial charge is 0.507 e. The third-order valence-corrected chi connectivity index (χ3v) is 4.98. The highest BCUT2D eigenvalue weighted by Gasteiger charge is 2.45. The summed E-state index contributed by atoms with van der Waals surface area (Å²) in [7, 11) is 1.55. The van der Waals surface area contributed by atoms with Crippen LogP contribution in [0.2, 0.25) is 0 Å². The molecule has 0 aromatic heterocycles. The summed E-state index contributed by atoms with van der Waals surface area (Å²) in [4.78, 5) is 37.6. The number of benzene rings is 2. The van der Waals surface area contributed by atoms with Gasteiger partial charge in [-0.15, -0.1) is 0 Å². The summed E-state index contributed by atoms with van der Waals surface area (Å²) in [5.41, 5.74) is 1.42. The molecule has 2 aromatic rings. The number of Topliss-reactive ketones (excluding diaryl/α,β-unsaturated/α-hetero) is 1. The number of aliphatic hydroxyl groups is 1. The summed E-state index contributed by atoms with van der Waals surface area (Å²) in [6, 6.07) is 11.9. The first-order valence-electron chi connectivity index (χ1n) is 9.44. The van der Waals surface area contributed by atoms with Crippen LogP contribution in [0.25, 0.3) is 5.76 Å². The van der Waals surface area contributed by atoms with E-state index in [1.54, 1.807) is 13.2 Å². The van der Waals surface area contributed by atoms with Crippen molar-refractivity contribution < 1.29 is 24.4 Å². The highest BCUT2D eigenvalue weighted by Crippen LogP contribution is 2.40. The van der Waals surface area contributed by atoms with E-state index in [-0.39, 0.29) is 23.4 Å². The molecular weight excluding hydrogens is 388 g/mol. The molecule has 30 heavy (non-hydrogen) atoms. The molecule has 8 heteroatoms.